The first-order chi connectivity index (χ1) is 23.1. The topological polar surface area (TPSA) is 183 Å². The highest BCUT2D eigenvalue weighted by molar-refractivity contribution is 7.92. The summed E-state index contributed by atoms with van der Waals surface area (Å²) in [5.41, 5.74) is -3.23. The Morgan fingerprint density at radius 2 is 1.70 bits per heavy atom. The number of hydrogen-bond donors (Lipinski definition) is 5. The number of carbonyl (C=O) groups is 3. The minimum Gasteiger partial charge on any atom is -0.444 e. The Morgan fingerprint density at radius 1 is 1.06 bits per heavy atom. The van der Waals surface area contributed by atoms with Crippen LogP contribution in [0.15, 0.2) is 35.2 Å². The molecular weight excluding hydrogens is 707 g/mol. The van der Waals surface area contributed by atoms with Crippen LogP contribution in [0.25, 0.3) is 0 Å². The van der Waals surface area contributed by atoms with Gasteiger partial charge in [0.15, 0.2) is 22.4 Å². The van der Waals surface area contributed by atoms with Gasteiger partial charge in [-0.3, -0.25) is 14.5 Å². The molecule has 2 aromatic rings. The number of anilines is 1. The van der Waals surface area contributed by atoms with E-state index in [1.165, 1.54) is 0 Å². The number of sulfone groups is 1. The fraction of sp³-hybridized carbons (Fsp3) is 0.545. The number of β-amino-alcohol motifs (C(OH)–C–C–N with tert-alkyl or cyclic N) is 1. The molecule has 2 unspecified atom stereocenters. The van der Waals surface area contributed by atoms with E-state index in [9.17, 15) is 51.3 Å². The van der Waals surface area contributed by atoms with Crippen LogP contribution < -0.4 is 10.6 Å². The van der Waals surface area contributed by atoms with E-state index < -0.39 is 109 Å². The second kappa shape index (κ2) is 13.3. The number of rotatable bonds is 7. The van der Waals surface area contributed by atoms with Gasteiger partial charge in [0.2, 0.25) is 15.7 Å². The van der Waals surface area contributed by atoms with Gasteiger partial charge in [-0.05, 0) is 76.0 Å². The summed E-state index contributed by atoms with van der Waals surface area (Å²) in [7, 11) is -4.73. The van der Waals surface area contributed by atoms with Crippen molar-refractivity contribution in [2.75, 3.05) is 18.4 Å². The Bertz CT molecular complexity index is 1800. The third-order valence-electron chi connectivity index (χ3n) is 9.78. The standard InChI is InChI=1S/C33H39ClF3N3O9S/c1-16-7-18-12-32(45,13-21(16)33(18,46)15-38-29(43)25-11-20(41)14-40(25)30(44)49-31(2,3)4)50(47,48)26-8-17(5-6-22(26)34)28(42)39-19-9-23(35)27(37)24(36)10-19/h5-6,8-10,16,18,20-21,25,41,45-46H,7,11-15H2,1-4H3,(H,38,43)(H,39,42)/t16-,18?,20-,21?,25-,32+,33+/m0/s1. The summed E-state index contributed by atoms with van der Waals surface area (Å²) in [6, 6.07) is 3.17. The molecule has 3 fully saturated rings. The van der Waals surface area contributed by atoms with Gasteiger partial charge in [0, 0.05) is 36.3 Å². The number of benzene rings is 2. The maximum atomic E-state index is 14.1. The fourth-order valence-corrected chi connectivity index (χ4v) is 9.63. The van der Waals surface area contributed by atoms with Gasteiger partial charge < -0.3 is 30.7 Å². The van der Waals surface area contributed by atoms with Gasteiger partial charge in [-0.25, -0.2) is 26.4 Å². The number of nitrogens with zero attached hydrogens (tertiary/aromatic N) is 1. The number of halogens is 4. The lowest BCUT2D eigenvalue weighted by Crippen LogP contribution is -2.60. The molecule has 3 aliphatic rings. The van der Waals surface area contributed by atoms with E-state index in [2.05, 4.69) is 10.6 Å². The monoisotopic (exact) mass is 745 g/mol. The normalized spacial score (nSPS) is 29.5. The Kier molecular flexibility index (Phi) is 10.0. The van der Waals surface area contributed by atoms with E-state index in [1.807, 2.05) is 0 Å². The molecule has 274 valence electrons. The number of ether oxygens (including phenoxy) is 1. The van der Waals surface area contributed by atoms with Crippen LogP contribution in [0.5, 0.6) is 0 Å². The first kappa shape index (κ1) is 37.8. The summed E-state index contributed by atoms with van der Waals surface area (Å²) >= 11 is 6.27. The number of hydrogen-bond acceptors (Lipinski definition) is 9. The molecule has 5 rings (SSSR count). The Morgan fingerprint density at radius 3 is 2.30 bits per heavy atom. The predicted octanol–water partition coefficient (Wildman–Crippen LogP) is 3.76. The Labute approximate surface area is 291 Å². The molecule has 5 N–H and O–H groups in total. The summed E-state index contributed by atoms with van der Waals surface area (Å²) < 4.78 is 74.2. The smallest absolute Gasteiger partial charge is 0.411 e. The lowest BCUT2D eigenvalue weighted by Gasteiger charge is -2.46. The van der Waals surface area contributed by atoms with Crippen LogP contribution in [0.2, 0.25) is 5.02 Å². The molecule has 3 amide bonds. The van der Waals surface area contributed by atoms with Crippen molar-refractivity contribution >= 4 is 45.0 Å². The molecule has 2 aromatic carbocycles. The van der Waals surface area contributed by atoms with Crippen LogP contribution in [0, 0.1) is 35.2 Å². The molecule has 12 nitrogen and oxygen atoms in total. The molecule has 1 saturated heterocycles. The van der Waals surface area contributed by atoms with Crippen molar-refractivity contribution in [2.45, 2.75) is 86.6 Å². The van der Waals surface area contributed by atoms with Crippen molar-refractivity contribution in [2.24, 2.45) is 17.8 Å². The maximum absolute atomic E-state index is 14.1. The van der Waals surface area contributed by atoms with Crippen molar-refractivity contribution in [3.05, 3.63) is 58.4 Å². The van der Waals surface area contributed by atoms with Gasteiger partial charge in [0.05, 0.1) is 28.2 Å². The summed E-state index contributed by atoms with van der Waals surface area (Å²) in [5.74, 6) is -8.42. The average molecular weight is 746 g/mol. The van der Waals surface area contributed by atoms with E-state index in [1.54, 1.807) is 27.7 Å². The summed E-state index contributed by atoms with van der Waals surface area (Å²) in [5, 5.41) is 38.4. The van der Waals surface area contributed by atoms with Gasteiger partial charge in [0.25, 0.3) is 5.91 Å². The van der Waals surface area contributed by atoms with Gasteiger partial charge in [-0.2, -0.15) is 0 Å². The highest BCUT2D eigenvalue weighted by Gasteiger charge is 2.64. The third-order valence-corrected chi connectivity index (χ3v) is 12.5. The molecular formula is C33H39ClF3N3O9S. The van der Waals surface area contributed by atoms with Crippen molar-refractivity contribution in [3.8, 4) is 0 Å². The number of nitrogens with one attached hydrogen (secondary N) is 2. The number of aliphatic hydroxyl groups is 3. The number of likely N-dealkylation sites (tertiary alicyclic amines) is 1. The zero-order valence-electron chi connectivity index (χ0n) is 27.7. The second-order valence-corrected chi connectivity index (χ2v) is 17.1. The van der Waals surface area contributed by atoms with Gasteiger partial charge in [0.1, 0.15) is 11.6 Å². The van der Waals surface area contributed by atoms with E-state index in [4.69, 9.17) is 16.3 Å². The molecule has 0 aromatic heterocycles. The predicted molar refractivity (Wildman–Crippen MR) is 173 cm³/mol. The van der Waals surface area contributed by atoms with Gasteiger partial charge >= 0.3 is 6.09 Å². The number of fused-ring (bicyclic) bond motifs is 2. The highest BCUT2D eigenvalue weighted by Crippen LogP contribution is 2.57. The maximum Gasteiger partial charge on any atom is 0.411 e. The minimum absolute atomic E-state index is 0.0553. The highest BCUT2D eigenvalue weighted by atomic mass is 35.5. The van der Waals surface area contributed by atoms with E-state index >= 15 is 0 Å². The van der Waals surface area contributed by atoms with E-state index in [-0.39, 0.29) is 36.0 Å². The van der Waals surface area contributed by atoms with Gasteiger partial charge in [-0.15, -0.1) is 0 Å². The molecule has 0 radical (unpaired) electrons. The lowest BCUT2D eigenvalue weighted by atomic mass is 9.72. The van der Waals surface area contributed by atoms with Gasteiger partial charge in [-0.1, -0.05) is 18.5 Å². The van der Waals surface area contributed by atoms with Crippen molar-refractivity contribution in [1.82, 2.24) is 10.2 Å². The van der Waals surface area contributed by atoms with Crippen molar-refractivity contribution in [3.63, 3.8) is 0 Å². The average Bonchev–Trinajstić information content (AvgIpc) is 3.45. The number of carbonyl (C=O) groups excluding carboxylic acids is 3. The van der Waals surface area contributed by atoms with Crippen molar-refractivity contribution < 1.29 is 56.0 Å². The zero-order valence-corrected chi connectivity index (χ0v) is 29.2. The largest absolute Gasteiger partial charge is 0.444 e. The molecule has 7 atom stereocenters. The quantitative estimate of drug-likeness (QED) is 0.264. The SMILES string of the molecule is C[C@H]1CC2C[C@@](O)(S(=O)(=O)c3cc(C(=O)Nc4cc(F)c(F)c(F)c4)ccc3Cl)CC1[C@@]2(O)CNC(=O)[C@@H]1C[C@H](O)CN1C(=O)OC(C)(C)C. The zero-order chi connectivity index (χ0) is 37.1. The van der Waals surface area contributed by atoms with Crippen molar-refractivity contribution in [1.29, 1.82) is 0 Å². The van der Waals surface area contributed by atoms with Crippen LogP contribution in [-0.2, 0) is 19.4 Å². The molecule has 2 saturated carbocycles. The molecule has 1 heterocycles. The van der Waals surface area contributed by atoms with E-state index in [0.29, 0.717) is 18.6 Å². The first-order valence-electron chi connectivity index (χ1n) is 16.0. The van der Waals surface area contributed by atoms with Crippen LogP contribution in [0.3, 0.4) is 0 Å². The number of aliphatic hydroxyl groups excluding tert-OH is 1. The van der Waals surface area contributed by atoms with Crippen LogP contribution in [0.4, 0.5) is 23.7 Å². The summed E-state index contributed by atoms with van der Waals surface area (Å²) in [4.78, 5) is 37.0. The molecule has 0 spiro atoms. The lowest BCUT2D eigenvalue weighted by molar-refractivity contribution is -0.132. The fourth-order valence-electron chi connectivity index (χ4n) is 7.37. The second-order valence-electron chi connectivity index (χ2n) is 14.5. The summed E-state index contributed by atoms with van der Waals surface area (Å²) in [6.45, 7) is 6.32. The molecule has 17 heteroatoms. The van der Waals surface area contributed by atoms with Crippen LogP contribution >= 0.6 is 11.6 Å². The van der Waals surface area contributed by atoms with Crippen LogP contribution in [-0.4, -0.2) is 87.9 Å². The Balaban J connectivity index is 1.33. The first-order valence-corrected chi connectivity index (χ1v) is 17.8. The Hall–Kier alpha value is -3.44. The molecule has 1 aliphatic heterocycles. The summed E-state index contributed by atoms with van der Waals surface area (Å²) in [6.07, 6.45) is -2.41. The third kappa shape index (κ3) is 7.04. The minimum atomic E-state index is -4.73. The molecule has 2 aliphatic carbocycles. The van der Waals surface area contributed by atoms with E-state index in [0.717, 1.165) is 23.1 Å². The molecule has 50 heavy (non-hydrogen) atoms. The van der Waals surface area contributed by atoms with Crippen LogP contribution in [0.1, 0.15) is 63.7 Å². The molecule has 2 bridgehead atoms. The number of amides is 3.